The lowest BCUT2D eigenvalue weighted by Gasteiger charge is -2.45. The Bertz CT molecular complexity index is 470. The molecule has 0 amide bonds. The van der Waals surface area contributed by atoms with E-state index in [4.69, 9.17) is 8.85 Å². The zero-order valence-corrected chi connectivity index (χ0v) is 21.9. The molecular formula is C22H46O3Si2. The summed E-state index contributed by atoms with van der Waals surface area (Å²) in [4.78, 5) is 11.7. The third-order valence-electron chi connectivity index (χ3n) is 6.76. The van der Waals surface area contributed by atoms with Crippen molar-refractivity contribution in [3.05, 3.63) is 12.2 Å². The number of rotatable bonds is 12. The van der Waals surface area contributed by atoms with Crippen molar-refractivity contribution in [2.45, 2.75) is 111 Å². The van der Waals surface area contributed by atoms with Gasteiger partial charge in [0.25, 0.3) is 0 Å². The summed E-state index contributed by atoms with van der Waals surface area (Å²) in [7, 11) is -3.79. The van der Waals surface area contributed by atoms with E-state index in [9.17, 15) is 4.79 Å². The van der Waals surface area contributed by atoms with E-state index < -0.39 is 16.6 Å². The largest absolute Gasteiger partial charge is 0.413 e. The van der Waals surface area contributed by atoms with Crippen LogP contribution in [0.2, 0.25) is 36.3 Å². The van der Waals surface area contributed by atoms with Crippen LogP contribution in [-0.4, -0.2) is 35.1 Å². The van der Waals surface area contributed by atoms with E-state index in [2.05, 4.69) is 68.1 Å². The summed E-state index contributed by atoms with van der Waals surface area (Å²) in [5.41, 5.74) is 1.02. The Balaban J connectivity index is 5.87. The Morgan fingerprint density at radius 2 is 1.48 bits per heavy atom. The second kappa shape index (κ2) is 10.5. The van der Waals surface area contributed by atoms with Crippen molar-refractivity contribution in [2.24, 2.45) is 11.8 Å². The van der Waals surface area contributed by atoms with Crippen LogP contribution in [0.3, 0.4) is 0 Å². The van der Waals surface area contributed by atoms with Crippen LogP contribution in [0.15, 0.2) is 12.2 Å². The second-order valence-electron chi connectivity index (χ2n) is 9.83. The Morgan fingerprint density at radius 3 is 1.78 bits per heavy atom. The highest BCUT2D eigenvalue weighted by molar-refractivity contribution is 6.74. The smallest absolute Gasteiger partial charge is 0.192 e. The molecule has 0 aromatic heterocycles. The first-order valence-electron chi connectivity index (χ1n) is 10.7. The van der Waals surface area contributed by atoms with Gasteiger partial charge >= 0.3 is 0 Å². The Hall–Kier alpha value is -0.236. The maximum absolute atomic E-state index is 11.7. The average Bonchev–Trinajstić information content (AvgIpc) is 2.59. The maximum Gasteiger partial charge on any atom is 0.192 e. The average molecular weight is 415 g/mol. The zero-order valence-electron chi connectivity index (χ0n) is 19.9. The minimum absolute atomic E-state index is 0.0874. The van der Waals surface area contributed by atoms with Crippen LogP contribution in [0.5, 0.6) is 0 Å². The van der Waals surface area contributed by atoms with Crippen molar-refractivity contribution < 1.29 is 13.6 Å². The fraction of sp³-hybridized carbons (Fsp3) is 0.864. The molecule has 0 saturated carbocycles. The van der Waals surface area contributed by atoms with Gasteiger partial charge in [-0.15, -0.1) is 0 Å². The van der Waals surface area contributed by atoms with Gasteiger partial charge in [-0.1, -0.05) is 67.5 Å². The summed E-state index contributed by atoms with van der Waals surface area (Å²) < 4.78 is 13.6. The van der Waals surface area contributed by atoms with Crippen molar-refractivity contribution in [1.82, 2.24) is 0 Å². The van der Waals surface area contributed by atoms with E-state index in [-0.39, 0.29) is 29.1 Å². The molecule has 0 rings (SSSR count). The maximum atomic E-state index is 11.7. The summed E-state index contributed by atoms with van der Waals surface area (Å²) in [6.07, 6.45) is 0.833. The lowest BCUT2D eigenvalue weighted by Crippen LogP contribution is -2.51. The molecule has 0 aromatic carbocycles. The van der Waals surface area contributed by atoms with Gasteiger partial charge in [-0.3, -0.25) is 0 Å². The quantitative estimate of drug-likeness (QED) is 0.200. The molecule has 160 valence electrons. The van der Waals surface area contributed by atoms with E-state index >= 15 is 0 Å². The van der Waals surface area contributed by atoms with Gasteiger partial charge in [0.2, 0.25) is 0 Å². The number of hydrogen-bond acceptors (Lipinski definition) is 3. The summed E-state index contributed by atoms with van der Waals surface area (Å²) in [6.45, 7) is 28.4. The Labute approximate surface area is 171 Å². The molecule has 0 aliphatic rings. The van der Waals surface area contributed by atoms with E-state index in [1.54, 1.807) is 0 Å². The van der Waals surface area contributed by atoms with Crippen LogP contribution < -0.4 is 0 Å². The highest BCUT2D eigenvalue weighted by Crippen LogP contribution is 2.40. The lowest BCUT2D eigenvalue weighted by atomic mass is 9.87. The van der Waals surface area contributed by atoms with Crippen molar-refractivity contribution >= 4 is 22.9 Å². The summed E-state index contributed by atoms with van der Waals surface area (Å²) in [6, 6.07) is 3.24. The molecule has 0 heterocycles. The Kier molecular flexibility index (Phi) is 10.4. The molecule has 0 bridgehead atoms. The molecule has 0 aromatic rings. The summed E-state index contributed by atoms with van der Waals surface area (Å²) >= 11 is 0. The summed E-state index contributed by atoms with van der Waals surface area (Å²) in [5, 5.41) is 0.127. The molecule has 4 atom stereocenters. The predicted molar refractivity (Wildman–Crippen MR) is 123 cm³/mol. The standard InChI is InChI=1S/C22H46O3Si2/c1-13-27(14-2,15-3)25-21(18(6)16-23)19(7)20(17(4)5)24-26(11,12)22(8,9)10/h16,18-21H,4,13-15H2,1-3,5-12H3/t18-,19-,20+,21+/m1/s1. The lowest BCUT2D eigenvalue weighted by molar-refractivity contribution is -0.115. The third-order valence-corrected chi connectivity index (χ3v) is 15.9. The molecule has 0 radical (unpaired) electrons. The van der Waals surface area contributed by atoms with Crippen molar-refractivity contribution in [3.8, 4) is 0 Å². The van der Waals surface area contributed by atoms with Crippen molar-refractivity contribution in [1.29, 1.82) is 0 Å². The number of hydrogen-bond donors (Lipinski definition) is 0. The van der Waals surface area contributed by atoms with Gasteiger partial charge in [0, 0.05) is 11.8 Å². The van der Waals surface area contributed by atoms with Crippen LogP contribution in [0.25, 0.3) is 0 Å². The molecule has 0 aliphatic heterocycles. The van der Waals surface area contributed by atoms with Gasteiger partial charge in [-0.25, -0.2) is 0 Å². The fourth-order valence-electron chi connectivity index (χ4n) is 3.38. The molecule has 0 spiro atoms. The normalized spacial score (nSPS) is 17.9. The van der Waals surface area contributed by atoms with Crippen LogP contribution in [0.4, 0.5) is 0 Å². The SMILES string of the molecule is C=C(C)[C@H](O[Si](C)(C)C(C)(C)C)[C@@H](C)[C@@H](O[Si](CC)(CC)CC)[C@H](C)C=O. The van der Waals surface area contributed by atoms with E-state index in [0.29, 0.717) is 0 Å². The van der Waals surface area contributed by atoms with Crippen LogP contribution in [0, 0.1) is 11.8 Å². The number of carbonyl (C=O) groups excluding carboxylic acids is 1. The molecule has 27 heavy (non-hydrogen) atoms. The first kappa shape index (κ1) is 26.8. The third kappa shape index (κ3) is 6.95. The predicted octanol–water partition coefficient (Wildman–Crippen LogP) is 6.81. The molecule has 3 nitrogen and oxygen atoms in total. The van der Waals surface area contributed by atoms with Gasteiger partial charge in [0.15, 0.2) is 16.6 Å². The van der Waals surface area contributed by atoms with Crippen molar-refractivity contribution in [3.63, 3.8) is 0 Å². The first-order valence-corrected chi connectivity index (χ1v) is 16.1. The number of aldehydes is 1. The van der Waals surface area contributed by atoms with E-state index in [1.807, 2.05) is 13.8 Å². The van der Waals surface area contributed by atoms with Gasteiger partial charge in [0.05, 0.1) is 12.2 Å². The minimum Gasteiger partial charge on any atom is -0.413 e. The Morgan fingerprint density at radius 1 is 1.04 bits per heavy atom. The highest BCUT2D eigenvalue weighted by Gasteiger charge is 2.44. The van der Waals surface area contributed by atoms with Gasteiger partial charge in [-0.05, 0) is 43.2 Å². The minimum atomic E-state index is -1.96. The molecule has 5 heteroatoms. The summed E-state index contributed by atoms with van der Waals surface area (Å²) in [5.74, 6) is -0.0604. The van der Waals surface area contributed by atoms with E-state index in [1.165, 1.54) is 0 Å². The van der Waals surface area contributed by atoms with Crippen LogP contribution in [0.1, 0.15) is 62.3 Å². The second-order valence-corrected chi connectivity index (χ2v) is 19.3. The molecular weight excluding hydrogens is 368 g/mol. The topological polar surface area (TPSA) is 35.5 Å². The first-order chi connectivity index (χ1) is 12.2. The van der Waals surface area contributed by atoms with Gasteiger partial charge < -0.3 is 13.6 Å². The highest BCUT2D eigenvalue weighted by atomic mass is 28.4. The monoisotopic (exact) mass is 414 g/mol. The molecule has 0 unspecified atom stereocenters. The fourth-order valence-corrected chi connectivity index (χ4v) is 7.79. The molecule has 0 fully saturated rings. The number of carbonyl (C=O) groups is 1. The van der Waals surface area contributed by atoms with Crippen LogP contribution >= 0.6 is 0 Å². The molecule has 0 aliphatic carbocycles. The zero-order chi connectivity index (χ0) is 21.6. The van der Waals surface area contributed by atoms with Crippen molar-refractivity contribution in [2.75, 3.05) is 0 Å². The molecule has 0 saturated heterocycles. The van der Waals surface area contributed by atoms with Crippen LogP contribution in [-0.2, 0) is 13.6 Å². The molecule has 0 N–H and O–H groups in total. The van der Waals surface area contributed by atoms with Gasteiger partial charge in [-0.2, -0.15) is 0 Å². The van der Waals surface area contributed by atoms with Gasteiger partial charge in [0.1, 0.15) is 6.29 Å². The van der Waals surface area contributed by atoms with E-state index in [0.717, 1.165) is 30.0 Å².